The van der Waals surface area contributed by atoms with Crippen LogP contribution in [-0.4, -0.2) is 43.8 Å². The van der Waals surface area contributed by atoms with E-state index in [4.69, 9.17) is 4.74 Å². The van der Waals surface area contributed by atoms with E-state index in [1.165, 1.54) is 37.7 Å². The van der Waals surface area contributed by atoms with Crippen LogP contribution in [0.3, 0.4) is 0 Å². The van der Waals surface area contributed by atoms with Gasteiger partial charge in [-0.15, -0.1) is 0 Å². The average Bonchev–Trinajstić information content (AvgIpc) is 3.22. The topological polar surface area (TPSA) is 24.5 Å². The Labute approximate surface area is 144 Å². The standard InChI is InChI=1S/C20H29FN2O/c1-23(14-15-4-6-16(21)7-5-15)12-11-22-18-17-8-13-24-19(17)20(18)9-2-3-10-20/h4-7,17-19,22H,2-3,8-14H2,1H3/t17-,18+,19-/m0/s1. The number of nitrogens with one attached hydrogen (secondary N) is 1. The first kappa shape index (κ1) is 16.5. The highest BCUT2D eigenvalue weighted by Gasteiger charge is 2.64. The molecule has 2 aliphatic carbocycles. The van der Waals surface area contributed by atoms with Crippen molar-refractivity contribution in [3.05, 3.63) is 35.6 Å². The quantitative estimate of drug-likeness (QED) is 0.866. The number of fused-ring (bicyclic) bond motifs is 2. The van der Waals surface area contributed by atoms with Gasteiger partial charge in [0.05, 0.1) is 6.10 Å². The van der Waals surface area contributed by atoms with Crippen molar-refractivity contribution in [3.8, 4) is 0 Å². The van der Waals surface area contributed by atoms with E-state index in [2.05, 4.69) is 17.3 Å². The van der Waals surface area contributed by atoms with E-state index in [9.17, 15) is 4.39 Å². The maximum atomic E-state index is 13.0. The smallest absolute Gasteiger partial charge is 0.123 e. The Balaban J connectivity index is 1.27. The van der Waals surface area contributed by atoms with Crippen LogP contribution < -0.4 is 5.32 Å². The summed E-state index contributed by atoms with van der Waals surface area (Å²) in [6.45, 7) is 3.86. The first-order chi connectivity index (χ1) is 11.7. The van der Waals surface area contributed by atoms with Gasteiger partial charge in [-0.1, -0.05) is 25.0 Å². The zero-order chi connectivity index (χ0) is 16.6. The molecule has 0 radical (unpaired) electrons. The van der Waals surface area contributed by atoms with Gasteiger partial charge in [0.1, 0.15) is 5.82 Å². The van der Waals surface area contributed by atoms with E-state index < -0.39 is 0 Å². The Bertz CT molecular complexity index is 555. The minimum Gasteiger partial charge on any atom is -0.377 e. The lowest BCUT2D eigenvalue weighted by Crippen LogP contribution is -2.67. The van der Waals surface area contributed by atoms with Crippen LogP contribution in [0.1, 0.15) is 37.7 Å². The summed E-state index contributed by atoms with van der Waals surface area (Å²) in [7, 11) is 2.14. The van der Waals surface area contributed by atoms with Gasteiger partial charge in [-0.05, 0) is 44.0 Å². The van der Waals surface area contributed by atoms with E-state index in [1.807, 2.05) is 12.1 Å². The van der Waals surface area contributed by atoms with Crippen molar-refractivity contribution in [2.45, 2.75) is 50.8 Å². The summed E-state index contributed by atoms with van der Waals surface area (Å²) in [5.74, 6) is 0.578. The molecule has 1 N–H and O–H groups in total. The average molecular weight is 332 g/mol. The van der Waals surface area contributed by atoms with Gasteiger partial charge in [-0.3, -0.25) is 0 Å². The van der Waals surface area contributed by atoms with E-state index >= 15 is 0 Å². The zero-order valence-corrected chi connectivity index (χ0v) is 14.6. The number of hydrogen-bond donors (Lipinski definition) is 1. The zero-order valence-electron chi connectivity index (χ0n) is 14.6. The van der Waals surface area contributed by atoms with Crippen molar-refractivity contribution in [2.24, 2.45) is 11.3 Å². The molecule has 3 nitrogen and oxygen atoms in total. The van der Waals surface area contributed by atoms with Crippen molar-refractivity contribution in [1.29, 1.82) is 0 Å². The lowest BCUT2D eigenvalue weighted by atomic mass is 9.54. The summed E-state index contributed by atoms with van der Waals surface area (Å²) in [6, 6.07) is 7.49. The predicted octanol–water partition coefficient (Wildman–Crippen LogP) is 3.19. The van der Waals surface area contributed by atoms with Gasteiger partial charge < -0.3 is 15.0 Å². The molecule has 0 bridgehead atoms. The van der Waals surface area contributed by atoms with Crippen molar-refractivity contribution in [1.82, 2.24) is 10.2 Å². The summed E-state index contributed by atoms with van der Waals surface area (Å²) in [5, 5.41) is 3.87. The predicted molar refractivity (Wildman–Crippen MR) is 93.3 cm³/mol. The molecule has 0 unspecified atom stereocenters. The van der Waals surface area contributed by atoms with Gasteiger partial charge >= 0.3 is 0 Å². The molecule has 3 fully saturated rings. The molecular formula is C20H29FN2O. The lowest BCUT2D eigenvalue weighted by molar-refractivity contribution is -0.130. The number of nitrogens with zero attached hydrogens (tertiary/aromatic N) is 1. The van der Waals surface area contributed by atoms with E-state index in [0.29, 0.717) is 17.6 Å². The maximum Gasteiger partial charge on any atom is 0.123 e. The highest BCUT2D eigenvalue weighted by atomic mass is 19.1. The van der Waals surface area contributed by atoms with Gasteiger partial charge in [-0.2, -0.15) is 0 Å². The van der Waals surface area contributed by atoms with Crippen LogP contribution in [0, 0.1) is 17.2 Å². The fourth-order valence-corrected chi connectivity index (χ4v) is 5.40. The minimum atomic E-state index is -0.164. The number of benzene rings is 1. The molecule has 0 aromatic heterocycles. The molecule has 1 aromatic carbocycles. The largest absolute Gasteiger partial charge is 0.377 e. The Morgan fingerprint density at radius 3 is 2.75 bits per heavy atom. The fourth-order valence-electron chi connectivity index (χ4n) is 5.40. The second-order valence-electron chi connectivity index (χ2n) is 7.98. The Hall–Kier alpha value is -0.970. The van der Waals surface area contributed by atoms with Gasteiger partial charge in [0.15, 0.2) is 0 Å². The lowest BCUT2D eigenvalue weighted by Gasteiger charge is -2.57. The summed E-state index contributed by atoms with van der Waals surface area (Å²) >= 11 is 0. The van der Waals surface area contributed by atoms with Crippen LogP contribution in [0.2, 0.25) is 0 Å². The van der Waals surface area contributed by atoms with Crippen molar-refractivity contribution < 1.29 is 9.13 Å². The van der Waals surface area contributed by atoms with Crippen LogP contribution in [0.4, 0.5) is 4.39 Å². The van der Waals surface area contributed by atoms with Crippen LogP contribution >= 0.6 is 0 Å². The highest BCUT2D eigenvalue weighted by molar-refractivity contribution is 5.17. The van der Waals surface area contributed by atoms with Gasteiger partial charge in [0.2, 0.25) is 0 Å². The van der Waals surface area contributed by atoms with Crippen LogP contribution in [0.5, 0.6) is 0 Å². The maximum absolute atomic E-state index is 13.0. The first-order valence-electron chi connectivity index (χ1n) is 9.47. The molecule has 3 atom stereocenters. The third-order valence-corrected chi connectivity index (χ3v) is 6.51. The van der Waals surface area contributed by atoms with Crippen molar-refractivity contribution in [3.63, 3.8) is 0 Å². The van der Waals surface area contributed by atoms with Crippen LogP contribution in [-0.2, 0) is 11.3 Å². The number of hydrogen-bond acceptors (Lipinski definition) is 3. The Morgan fingerprint density at radius 2 is 2.00 bits per heavy atom. The molecule has 1 heterocycles. The molecule has 4 heteroatoms. The Morgan fingerprint density at radius 1 is 1.25 bits per heavy atom. The molecule has 1 saturated heterocycles. The molecule has 1 aromatic rings. The molecule has 2 saturated carbocycles. The van der Waals surface area contributed by atoms with Gasteiger partial charge in [0.25, 0.3) is 0 Å². The highest BCUT2D eigenvalue weighted by Crippen LogP contribution is 2.60. The summed E-state index contributed by atoms with van der Waals surface area (Å²) < 4.78 is 19.0. The minimum absolute atomic E-state index is 0.164. The first-order valence-corrected chi connectivity index (χ1v) is 9.47. The van der Waals surface area contributed by atoms with E-state index in [-0.39, 0.29) is 5.82 Å². The van der Waals surface area contributed by atoms with E-state index in [1.54, 1.807) is 12.1 Å². The Kier molecular flexibility index (Phi) is 4.63. The summed E-state index contributed by atoms with van der Waals surface area (Å²) in [5.41, 5.74) is 1.61. The SMILES string of the molecule is CN(CCN[C@@H]1[C@@H]2CCO[C@@H]2C12CCCC2)Cc1ccc(F)cc1. The second kappa shape index (κ2) is 6.74. The fraction of sp³-hybridized carbons (Fsp3) is 0.700. The molecule has 132 valence electrons. The number of rotatable bonds is 6. The second-order valence-corrected chi connectivity index (χ2v) is 7.98. The molecule has 1 spiro atoms. The molecule has 0 amide bonds. The van der Waals surface area contributed by atoms with Crippen molar-refractivity contribution in [2.75, 3.05) is 26.7 Å². The number of ether oxygens (including phenoxy) is 1. The molecule has 24 heavy (non-hydrogen) atoms. The molecule has 3 aliphatic rings. The number of likely N-dealkylation sites (N-methyl/N-ethyl adjacent to an activating group) is 1. The van der Waals surface area contributed by atoms with Crippen LogP contribution in [0.25, 0.3) is 0 Å². The number of halogens is 1. The normalized spacial score (nSPS) is 30.7. The van der Waals surface area contributed by atoms with E-state index in [0.717, 1.165) is 32.2 Å². The molecule has 1 aliphatic heterocycles. The van der Waals surface area contributed by atoms with Crippen LogP contribution in [0.15, 0.2) is 24.3 Å². The van der Waals surface area contributed by atoms with Gasteiger partial charge in [0, 0.05) is 43.6 Å². The van der Waals surface area contributed by atoms with Crippen molar-refractivity contribution >= 4 is 0 Å². The third-order valence-electron chi connectivity index (χ3n) is 6.51. The molecular weight excluding hydrogens is 303 g/mol. The summed E-state index contributed by atoms with van der Waals surface area (Å²) in [4.78, 5) is 2.31. The monoisotopic (exact) mass is 332 g/mol. The van der Waals surface area contributed by atoms with Gasteiger partial charge in [-0.25, -0.2) is 4.39 Å². The molecule has 4 rings (SSSR count). The third kappa shape index (κ3) is 2.89. The summed E-state index contributed by atoms with van der Waals surface area (Å²) in [6.07, 6.45) is 7.20.